The maximum Gasteiger partial charge on any atom is 0.0294 e. The maximum atomic E-state index is 3.73. The summed E-state index contributed by atoms with van der Waals surface area (Å²) in [5, 5.41) is 3.73. The van der Waals surface area contributed by atoms with Crippen molar-refractivity contribution in [2.75, 3.05) is 6.54 Å². The summed E-state index contributed by atoms with van der Waals surface area (Å²) in [5.41, 5.74) is 2.83. The van der Waals surface area contributed by atoms with Crippen molar-refractivity contribution < 1.29 is 0 Å². The molecule has 1 nitrogen and oxygen atoms in total. The van der Waals surface area contributed by atoms with Crippen LogP contribution in [0.5, 0.6) is 0 Å². The second-order valence-corrected chi connectivity index (χ2v) is 6.03. The van der Waals surface area contributed by atoms with Gasteiger partial charge in [-0.05, 0) is 62.1 Å². The highest BCUT2D eigenvalue weighted by Gasteiger charge is 2.35. The molecule has 1 heteroatoms. The second kappa shape index (κ2) is 4.89. The average molecular weight is 241 g/mol. The topological polar surface area (TPSA) is 12.0 Å². The minimum absolute atomic E-state index is 0.467. The van der Waals surface area contributed by atoms with E-state index in [0.29, 0.717) is 6.04 Å². The Kier molecular flexibility index (Phi) is 3.25. The standard InChI is InChI=1S/C17H23N/c1-12-5-3-4-6-17(12)13(2)18-11-16-10-14-7-8-15(16)9-14/h3-8,13-16,18H,9-11H2,1-2H3. The van der Waals surface area contributed by atoms with Crippen LogP contribution in [0.15, 0.2) is 36.4 Å². The molecule has 1 aromatic carbocycles. The summed E-state index contributed by atoms with van der Waals surface area (Å²) < 4.78 is 0. The Hall–Kier alpha value is -1.08. The SMILES string of the molecule is Cc1ccccc1C(C)NCC1CC2C=CC1C2. The maximum absolute atomic E-state index is 3.73. The molecule has 1 fully saturated rings. The summed E-state index contributed by atoms with van der Waals surface area (Å²) in [6, 6.07) is 9.17. The van der Waals surface area contributed by atoms with E-state index in [4.69, 9.17) is 0 Å². The highest BCUT2D eigenvalue weighted by molar-refractivity contribution is 5.28. The van der Waals surface area contributed by atoms with Gasteiger partial charge in [0.2, 0.25) is 0 Å². The average Bonchev–Trinajstić information content (AvgIpc) is 2.98. The number of benzene rings is 1. The summed E-state index contributed by atoms with van der Waals surface area (Å²) >= 11 is 0. The predicted molar refractivity (Wildman–Crippen MR) is 76.4 cm³/mol. The number of aryl methyl sites for hydroxylation is 1. The van der Waals surface area contributed by atoms with Crippen LogP contribution in [0.2, 0.25) is 0 Å². The van der Waals surface area contributed by atoms with Crippen molar-refractivity contribution in [3.8, 4) is 0 Å². The van der Waals surface area contributed by atoms with Crippen LogP contribution in [-0.4, -0.2) is 6.54 Å². The minimum atomic E-state index is 0.467. The van der Waals surface area contributed by atoms with Crippen LogP contribution in [0.25, 0.3) is 0 Å². The summed E-state index contributed by atoms with van der Waals surface area (Å²) in [5.74, 6) is 2.61. The normalized spacial score (nSPS) is 30.9. The third kappa shape index (κ3) is 2.24. The zero-order valence-electron chi connectivity index (χ0n) is 11.4. The van der Waals surface area contributed by atoms with E-state index >= 15 is 0 Å². The highest BCUT2D eigenvalue weighted by atomic mass is 14.9. The molecule has 96 valence electrons. The first-order valence-electron chi connectivity index (χ1n) is 7.21. The van der Waals surface area contributed by atoms with Crippen molar-refractivity contribution in [3.63, 3.8) is 0 Å². The molecular formula is C17H23N. The molecule has 4 unspecified atom stereocenters. The molecule has 2 bridgehead atoms. The zero-order valence-corrected chi connectivity index (χ0v) is 11.4. The monoisotopic (exact) mass is 241 g/mol. The van der Waals surface area contributed by atoms with E-state index in [1.54, 1.807) is 0 Å². The van der Waals surface area contributed by atoms with Gasteiger partial charge in [-0.25, -0.2) is 0 Å². The lowest BCUT2D eigenvalue weighted by Crippen LogP contribution is -2.28. The van der Waals surface area contributed by atoms with Crippen LogP contribution in [0, 0.1) is 24.7 Å². The lowest BCUT2D eigenvalue weighted by molar-refractivity contribution is 0.393. The van der Waals surface area contributed by atoms with E-state index in [1.807, 2.05) is 0 Å². The Morgan fingerprint density at radius 2 is 2.06 bits per heavy atom. The molecule has 1 aromatic rings. The summed E-state index contributed by atoms with van der Waals surface area (Å²) in [6.07, 6.45) is 7.67. The zero-order chi connectivity index (χ0) is 12.5. The fourth-order valence-electron chi connectivity index (χ4n) is 3.64. The molecule has 2 aliphatic rings. The van der Waals surface area contributed by atoms with Gasteiger partial charge in [-0.2, -0.15) is 0 Å². The van der Waals surface area contributed by atoms with Gasteiger partial charge in [0.1, 0.15) is 0 Å². The predicted octanol–water partition coefficient (Wildman–Crippen LogP) is 3.86. The molecule has 0 spiro atoms. The first-order chi connectivity index (χ1) is 8.74. The summed E-state index contributed by atoms with van der Waals surface area (Å²) in [7, 11) is 0. The molecule has 4 atom stereocenters. The van der Waals surface area contributed by atoms with Crippen molar-refractivity contribution in [2.45, 2.75) is 32.7 Å². The summed E-state index contributed by atoms with van der Waals surface area (Å²) in [4.78, 5) is 0. The lowest BCUT2D eigenvalue weighted by atomic mass is 9.93. The van der Waals surface area contributed by atoms with Gasteiger partial charge in [-0.3, -0.25) is 0 Å². The van der Waals surface area contributed by atoms with Gasteiger partial charge in [0.05, 0.1) is 0 Å². The molecule has 3 rings (SSSR count). The lowest BCUT2D eigenvalue weighted by Gasteiger charge is -2.23. The van der Waals surface area contributed by atoms with Crippen LogP contribution in [0.1, 0.15) is 36.9 Å². The van der Waals surface area contributed by atoms with Crippen LogP contribution in [-0.2, 0) is 0 Å². The molecule has 1 saturated carbocycles. The Balaban J connectivity index is 1.57. The Morgan fingerprint density at radius 1 is 1.22 bits per heavy atom. The molecule has 0 amide bonds. The van der Waals surface area contributed by atoms with Crippen LogP contribution >= 0.6 is 0 Å². The molecule has 0 aromatic heterocycles. The van der Waals surface area contributed by atoms with Gasteiger partial charge < -0.3 is 5.32 Å². The first-order valence-corrected chi connectivity index (χ1v) is 7.21. The van der Waals surface area contributed by atoms with Crippen molar-refractivity contribution in [2.24, 2.45) is 17.8 Å². The van der Waals surface area contributed by atoms with E-state index in [9.17, 15) is 0 Å². The van der Waals surface area contributed by atoms with Gasteiger partial charge in [-0.1, -0.05) is 36.4 Å². The van der Waals surface area contributed by atoms with Crippen molar-refractivity contribution in [1.29, 1.82) is 0 Å². The molecular weight excluding hydrogens is 218 g/mol. The molecule has 2 aliphatic carbocycles. The third-order valence-electron chi connectivity index (χ3n) is 4.76. The van der Waals surface area contributed by atoms with Crippen LogP contribution in [0.3, 0.4) is 0 Å². The number of hydrogen-bond donors (Lipinski definition) is 1. The number of hydrogen-bond acceptors (Lipinski definition) is 1. The van der Waals surface area contributed by atoms with E-state index in [2.05, 4.69) is 55.6 Å². The fraction of sp³-hybridized carbons (Fsp3) is 0.529. The fourth-order valence-corrected chi connectivity index (χ4v) is 3.64. The second-order valence-electron chi connectivity index (χ2n) is 6.03. The quantitative estimate of drug-likeness (QED) is 0.789. The van der Waals surface area contributed by atoms with Gasteiger partial charge >= 0.3 is 0 Å². The number of nitrogens with one attached hydrogen (secondary N) is 1. The van der Waals surface area contributed by atoms with Crippen molar-refractivity contribution >= 4 is 0 Å². The van der Waals surface area contributed by atoms with Gasteiger partial charge in [0.25, 0.3) is 0 Å². The Bertz CT molecular complexity index is 449. The smallest absolute Gasteiger partial charge is 0.0294 e. The molecule has 0 saturated heterocycles. The van der Waals surface area contributed by atoms with Crippen LogP contribution < -0.4 is 5.32 Å². The Labute approximate surface area is 110 Å². The number of allylic oxidation sites excluding steroid dienone is 2. The molecule has 0 radical (unpaired) electrons. The third-order valence-corrected chi connectivity index (χ3v) is 4.76. The molecule has 0 aliphatic heterocycles. The van der Waals surface area contributed by atoms with Gasteiger partial charge in [-0.15, -0.1) is 0 Å². The van der Waals surface area contributed by atoms with Crippen molar-refractivity contribution in [3.05, 3.63) is 47.5 Å². The van der Waals surface area contributed by atoms with E-state index in [1.165, 1.54) is 30.5 Å². The molecule has 18 heavy (non-hydrogen) atoms. The molecule has 0 heterocycles. The molecule has 1 N–H and O–H groups in total. The van der Waals surface area contributed by atoms with Crippen molar-refractivity contribution in [1.82, 2.24) is 5.32 Å². The summed E-state index contributed by atoms with van der Waals surface area (Å²) in [6.45, 7) is 5.65. The van der Waals surface area contributed by atoms with Crippen LogP contribution in [0.4, 0.5) is 0 Å². The minimum Gasteiger partial charge on any atom is -0.310 e. The first kappa shape index (κ1) is 12.0. The largest absolute Gasteiger partial charge is 0.310 e. The number of fused-ring (bicyclic) bond motifs is 2. The van der Waals surface area contributed by atoms with E-state index in [0.717, 1.165) is 17.8 Å². The van der Waals surface area contributed by atoms with E-state index in [-0.39, 0.29) is 0 Å². The Morgan fingerprint density at radius 3 is 2.72 bits per heavy atom. The van der Waals surface area contributed by atoms with Gasteiger partial charge in [0.15, 0.2) is 0 Å². The van der Waals surface area contributed by atoms with Gasteiger partial charge in [0, 0.05) is 6.04 Å². The van der Waals surface area contributed by atoms with E-state index < -0.39 is 0 Å². The number of rotatable bonds is 4. The highest BCUT2D eigenvalue weighted by Crippen LogP contribution is 2.43.